The topological polar surface area (TPSA) is 38.3 Å². The molecule has 0 aliphatic rings. The molecule has 0 saturated heterocycles. The number of carbonyl (C=O) groups excluding carboxylic acids is 1. The molecule has 2 rings (SSSR count). The summed E-state index contributed by atoms with van der Waals surface area (Å²) in [7, 11) is 0. The van der Waals surface area contributed by atoms with E-state index in [9.17, 15) is 13.6 Å². The fourth-order valence-corrected chi connectivity index (χ4v) is 1.49. The van der Waals surface area contributed by atoms with Crippen molar-refractivity contribution in [2.24, 2.45) is 0 Å². The zero-order valence-electron chi connectivity index (χ0n) is 9.90. The Morgan fingerprint density at radius 1 is 1.11 bits per heavy atom. The summed E-state index contributed by atoms with van der Waals surface area (Å²) in [6.45, 7) is 0.142. The first-order valence-electron chi connectivity index (χ1n) is 5.58. The Balaban J connectivity index is 1.93. The van der Waals surface area contributed by atoms with E-state index in [4.69, 9.17) is 4.84 Å². The smallest absolute Gasteiger partial charge is 0.269 e. The standard InChI is InChI=1S/C14H11F2NO2/c15-11-6-7-13(16)12(8-11)14(18)17-19-9-10-4-2-1-3-5-10/h1-8H,9H2,(H,17,18). The fraction of sp³-hybridized carbons (Fsp3) is 0.0714. The van der Waals surface area contributed by atoms with Gasteiger partial charge in [0.2, 0.25) is 0 Å². The largest absolute Gasteiger partial charge is 0.277 e. The molecule has 1 N–H and O–H groups in total. The SMILES string of the molecule is O=C(NOCc1ccccc1)c1cc(F)ccc1F. The van der Waals surface area contributed by atoms with Gasteiger partial charge in [-0.15, -0.1) is 0 Å². The highest BCUT2D eigenvalue weighted by atomic mass is 19.1. The number of carbonyl (C=O) groups is 1. The van der Waals surface area contributed by atoms with E-state index >= 15 is 0 Å². The maximum Gasteiger partial charge on any atom is 0.277 e. The van der Waals surface area contributed by atoms with Crippen molar-refractivity contribution in [1.29, 1.82) is 0 Å². The summed E-state index contributed by atoms with van der Waals surface area (Å²) in [5.41, 5.74) is 2.52. The van der Waals surface area contributed by atoms with Crippen LogP contribution in [0.5, 0.6) is 0 Å². The van der Waals surface area contributed by atoms with Gasteiger partial charge in [-0.05, 0) is 23.8 Å². The number of benzene rings is 2. The number of halogens is 2. The predicted octanol–water partition coefficient (Wildman–Crippen LogP) is 2.83. The van der Waals surface area contributed by atoms with Crippen LogP contribution >= 0.6 is 0 Å². The average Bonchev–Trinajstić information content (AvgIpc) is 2.42. The zero-order valence-corrected chi connectivity index (χ0v) is 9.90. The van der Waals surface area contributed by atoms with Crippen LogP contribution in [0.2, 0.25) is 0 Å². The molecule has 0 heterocycles. The Morgan fingerprint density at radius 2 is 1.84 bits per heavy atom. The first-order valence-corrected chi connectivity index (χ1v) is 5.58. The van der Waals surface area contributed by atoms with Crippen molar-refractivity contribution in [2.75, 3.05) is 0 Å². The molecule has 0 atom stereocenters. The number of nitrogens with one attached hydrogen (secondary N) is 1. The van der Waals surface area contributed by atoms with Crippen molar-refractivity contribution in [2.45, 2.75) is 6.61 Å². The molecule has 0 fully saturated rings. The molecule has 0 radical (unpaired) electrons. The lowest BCUT2D eigenvalue weighted by atomic mass is 10.2. The minimum atomic E-state index is -0.826. The van der Waals surface area contributed by atoms with Crippen LogP contribution in [0.4, 0.5) is 8.78 Å². The lowest BCUT2D eigenvalue weighted by Crippen LogP contribution is -2.24. The van der Waals surface area contributed by atoms with Gasteiger partial charge in [0.15, 0.2) is 0 Å². The zero-order chi connectivity index (χ0) is 13.7. The van der Waals surface area contributed by atoms with Crippen LogP contribution in [-0.4, -0.2) is 5.91 Å². The van der Waals surface area contributed by atoms with Gasteiger partial charge in [0.05, 0.1) is 12.2 Å². The van der Waals surface area contributed by atoms with Crippen molar-refractivity contribution in [3.8, 4) is 0 Å². The Bertz CT molecular complexity index is 573. The molecule has 0 aliphatic heterocycles. The second-order valence-electron chi connectivity index (χ2n) is 3.83. The van der Waals surface area contributed by atoms with Gasteiger partial charge in [-0.1, -0.05) is 30.3 Å². The van der Waals surface area contributed by atoms with Crippen molar-refractivity contribution in [3.05, 3.63) is 71.3 Å². The lowest BCUT2D eigenvalue weighted by molar-refractivity contribution is 0.0230. The van der Waals surface area contributed by atoms with Gasteiger partial charge >= 0.3 is 0 Å². The molecule has 0 aromatic heterocycles. The molecular formula is C14H11F2NO2. The third-order valence-corrected chi connectivity index (χ3v) is 2.42. The Hall–Kier alpha value is -2.27. The summed E-state index contributed by atoms with van der Waals surface area (Å²) in [6.07, 6.45) is 0. The first-order chi connectivity index (χ1) is 9.16. The Labute approximate surface area is 108 Å². The normalized spacial score (nSPS) is 10.2. The molecule has 0 unspecified atom stereocenters. The van der Waals surface area contributed by atoms with Crippen LogP contribution < -0.4 is 5.48 Å². The molecule has 2 aromatic rings. The molecule has 2 aromatic carbocycles. The van der Waals surface area contributed by atoms with Gasteiger partial charge in [0.25, 0.3) is 5.91 Å². The summed E-state index contributed by atoms with van der Waals surface area (Å²) in [5.74, 6) is -2.32. The summed E-state index contributed by atoms with van der Waals surface area (Å²) in [6, 6.07) is 11.8. The minimum Gasteiger partial charge on any atom is -0.269 e. The van der Waals surface area contributed by atoms with Gasteiger partial charge in [0.1, 0.15) is 11.6 Å². The highest BCUT2D eigenvalue weighted by Crippen LogP contribution is 2.09. The van der Waals surface area contributed by atoms with Crippen LogP contribution in [0.3, 0.4) is 0 Å². The monoisotopic (exact) mass is 263 g/mol. The Morgan fingerprint density at radius 3 is 2.58 bits per heavy atom. The van der Waals surface area contributed by atoms with Crippen molar-refractivity contribution in [3.63, 3.8) is 0 Å². The summed E-state index contributed by atoms with van der Waals surface area (Å²) < 4.78 is 26.2. The molecule has 3 nitrogen and oxygen atoms in total. The highest BCUT2D eigenvalue weighted by Gasteiger charge is 2.12. The molecule has 0 bridgehead atoms. The molecule has 5 heteroatoms. The number of amides is 1. The van der Waals surface area contributed by atoms with Crippen LogP contribution in [0, 0.1) is 11.6 Å². The molecule has 0 aliphatic carbocycles. The number of hydrogen-bond donors (Lipinski definition) is 1. The van der Waals surface area contributed by atoms with Gasteiger partial charge in [-0.3, -0.25) is 9.63 Å². The molecular weight excluding hydrogens is 252 g/mol. The average molecular weight is 263 g/mol. The number of hydroxylamine groups is 1. The van der Waals surface area contributed by atoms with Gasteiger partial charge in [-0.25, -0.2) is 14.3 Å². The highest BCUT2D eigenvalue weighted by molar-refractivity contribution is 5.93. The second-order valence-corrected chi connectivity index (χ2v) is 3.83. The molecule has 0 spiro atoms. The van der Waals surface area contributed by atoms with E-state index in [0.29, 0.717) is 0 Å². The third-order valence-electron chi connectivity index (χ3n) is 2.42. The minimum absolute atomic E-state index is 0.142. The lowest BCUT2D eigenvalue weighted by Gasteiger charge is -2.06. The van der Waals surface area contributed by atoms with E-state index in [1.807, 2.05) is 30.3 Å². The predicted molar refractivity (Wildman–Crippen MR) is 65.1 cm³/mol. The van der Waals surface area contributed by atoms with E-state index in [1.54, 1.807) is 0 Å². The number of hydrogen-bond acceptors (Lipinski definition) is 2. The van der Waals surface area contributed by atoms with Crippen molar-refractivity contribution in [1.82, 2.24) is 5.48 Å². The van der Waals surface area contributed by atoms with E-state index in [0.717, 1.165) is 23.8 Å². The van der Waals surface area contributed by atoms with E-state index in [2.05, 4.69) is 5.48 Å². The molecule has 19 heavy (non-hydrogen) atoms. The second kappa shape index (κ2) is 6.06. The van der Waals surface area contributed by atoms with Crippen molar-refractivity contribution < 1.29 is 18.4 Å². The maximum atomic E-state index is 13.3. The van der Waals surface area contributed by atoms with Gasteiger partial charge in [0, 0.05) is 0 Å². The van der Waals surface area contributed by atoms with E-state index in [-0.39, 0.29) is 6.61 Å². The third kappa shape index (κ3) is 3.59. The summed E-state index contributed by atoms with van der Waals surface area (Å²) in [4.78, 5) is 16.5. The van der Waals surface area contributed by atoms with Crippen LogP contribution in [0.25, 0.3) is 0 Å². The van der Waals surface area contributed by atoms with Crippen LogP contribution in [0.15, 0.2) is 48.5 Å². The van der Waals surface area contributed by atoms with Crippen LogP contribution in [0.1, 0.15) is 15.9 Å². The first kappa shape index (κ1) is 13.2. The molecule has 0 saturated carbocycles. The van der Waals surface area contributed by atoms with Crippen LogP contribution in [-0.2, 0) is 11.4 Å². The maximum absolute atomic E-state index is 13.3. The van der Waals surface area contributed by atoms with Gasteiger partial charge in [-0.2, -0.15) is 0 Å². The number of rotatable bonds is 4. The Kier molecular flexibility index (Phi) is 4.20. The summed E-state index contributed by atoms with van der Waals surface area (Å²) >= 11 is 0. The quantitative estimate of drug-likeness (QED) is 0.861. The van der Waals surface area contributed by atoms with Crippen molar-refractivity contribution >= 4 is 5.91 Å². The van der Waals surface area contributed by atoms with Gasteiger partial charge < -0.3 is 0 Å². The fourth-order valence-electron chi connectivity index (χ4n) is 1.49. The molecule has 1 amide bonds. The summed E-state index contributed by atoms with van der Waals surface area (Å²) in [5, 5.41) is 0. The van der Waals surface area contributed by atoms with E-state index < -0.39 is 23.1 Å². The van der Waals surface area contributed by atoms with E-state index in [1.165, 1.54) is 0 Å². The molecule has 98 valence electrons.